The second-order valence-corrected chi connectivity index (χ2v) is 9.16. The van der Waals surface area contributed by atoms with Gasteiger partial charge in [0.25, 0.3) is 0 Å². The Morgan fingerprint density at radius 3 is 2.06 bits per heavy atom. The molecule has 3 N–H and O–H groups in total. The lowest BCUT2D eigenvalue weighted by Gasteiger charge is -2.15. The number of hydrogen-bond acceptors (Lipinski definition) is 6. The van der Waals surface area contributed by atoms with E-state index in [0.717, 1.165) is 5.56 Å². The highest BCUT2D eigenvalue weighted by atomic mass is 32.2. The molecule has 0 atom stereocenters. The van der Waals surface area contributed by atoms with Gasteiger partial charge in [-0.3, -0.25) is 4.79 Å². The van der Waals surface area contributed by atoms with Crippen molar-refractivity contribution in [2.75, 3.05) is 5.32 Å². The molecule has 0 aromatic heterocycles. The molecule has 3 rings (SSSR count). The molecule has 32 heavy (non-hydrogen) atoms. The Kier molecular flexibility index (Phi) is 6.22. The van der Waals surface area contributed by atoms with Gasteiger partial charge in [0.15, 0.2) is 0 Å². The Balaban J connectivity index is 1.95. The number of amides is 1. The number of aryl methyl sites for hydroxylation is 3. The third-order valence-electron chi connectivity index (χ3n) is 4.68. The van der Waals surface area contributed by atoms with Crippen LogP contribution in [-0.2, 0) is 19.4 Å². The maximum absolute atomic E-state index is 13.0. The Morgan fingerprint density at radius 2 is 1.50 bits per heavy atom. The van der Waals surface area contributed by atoms with E-state index in [9.17, 15) is 23.1 Å². The maximum atomic E-state index is 13.0. The first-order valence-corrected chi connectivity index (χ1v) is 11.0. The van der Waals surface area contributed by atoms with Crippen LogP contribution in [0.3, 0.4) is 0 Å². The van der Waals surface area contributed by atoms with Crippen LogP contribution in [-0.4, -0.2) is 30.5 Å². The quantitative estimate of drug-likeness (QED) is 0.496. The highest BCUT2D eigenvalue weighted by molar-refractivity contribution is 7.91. The fraction of sp³-hybridized carbons (Fsp3) is 0.130. The van der Waals surface area contributed by atoms with Crippen LogP contribution in [0.5, 0.6) is 17.2 Å². The van der Waals surface area contributed by atoms with Gasteiger partial charge >= 0.3 is 11.9 Å². The fourth-order valence-electron chi connectivity index (χ4n) is 3.10. The number of hydrogen-bond donors (Lipinski definition) is 3. The van der Waals surface area contributed by atoms with Gasteiger partial charge in [-0.05, 0) is 68.3 Å². The van der Waals surface area contributed by atoms with Crippen LogP contribution in [0, 0.1) is 20.8 Å². The zero-order valence-electron chi connectivity index (χ0n) is 17.5. The second kappa shape index (κ2) is 8.72. The first kappa shape index (κ1) is 22.8. The summed E-state index contributed by atoms with van der Waals surface area (Å²) in [5.74, 6) is -2.59. The Hall–Kier alpha value is -3.85. The van der Waals surface area contributed by atoms with E-state index in [2.05, 4.69) is 5.32 Å². The molecule has 0 heterocycles. The van der Waals surface area contributed by atoms with Gasteiger partial charge in [0.1, 0.15) is 22.1 Å². The zero-order valence-corrected chi connectivity index (χ0v) is 18.4. The standard InChI is InChI=1S/C23H21NO7S/c1-13-4-7-18(8-5-13)32(29,30)20-12-17(6-9-19(20)25)31-21-14(2)10-16(11-15(21)3)24-22(26)23(27)28/h4-12,25H,1-3H3,(H,24,26)(H,27,28). The highest BCUT2D eigenvalue weighted by Crippen LogP contribution is 2.36. The number of anilines is 1. The first-order valence-electron chi connectivity index (χ1n) is 9.47. The van der Waals surface area contributed by atoms with Crippen molar-refractivity contribution in [2.24, 2.45) is 0 Å². The van der Waals surface area contributed by atoms with Gasteiger partial charge in [-0.2, -0.15) is 0 Å². The maximum Gasteiger partial charge on any atom is 0.394 e. The number of phenolic OH excluding ortho intramolecular Hbond substituents is 1. The minimum atomic E-state index is -3.98. The SMILES string of the molecule is Cc1ccc(S(=O)(=O)c2cc(Oc3c(C)cc(NC(=O)C(=O)O)cc3C)ccc2O)cc1. The molecule has 9 heteroatoms. The Labute approximate surface area is 185 Å². The average molecular weight is 455 g/mol. The smallest absolute Gasteiger partial charge is 0.394 e. The van der Waals surface area contributed by atoms with Crippen molar-refractivity contribution in [2.45, 2.75) is 30.6 Å². The summed E-state index contributed by atoms with van der Waals surface area (Å²) in [4.78, 5) is 21.9. The molecule has 0 radical (unpaired) electrons. The van der Waals surface area contributed by atoms with Crippen molar-refractivity contribution in [3.8, 4) is 17.2 Å². The van der Waals surface area contributed by atoms with E-state index in [-0.39, 0.29) is 21.2 Å². The molecule has 0 aliphatic rings. The summed E-state index contributed by atoms with van der Waals surface area (Å²) in [6.07, 6.45) is 0. The zero-order chi connectivity index (χ0) is 23.6. The third-order valence-corrected chi connectivity index (χ3v) is 6.48. The molecule has 0 aliphatic heterocycles. The third kappa shape index (κ3) is 4.73. The monoisotopic (exact) mass is 455 g/mol. The van der Waals surface area contributed by atoms with Gasteiger partial charge in [0, 0.05) is 11.8 Å². The van der Waals surface area contributed by atoms with E-state index in [1.807, 2.05) is 6.92 Å². The molecule has 166 valence electrons. The van der Waals surface area contributed by atoms with Gasteiger partial charge in [0.05, 0.1) is 4.90 Å². The Morgan fingerprint density at radius 1 is 0.906 bits per heavy atom. The number of carbonyl (C=O) groups excluding carboxylic acids is 1. The van der Waals surface area contributed by atoms with Crippen molar-refractivity contribution < 1.29 is 33.0 Å². The number of carbonyl (C=O) groups is 2. The number of aromatic hydroxyl groups is 1. The molecule has 1 amide bonds. The number of carboxylic acid groups (broad SMARTS) is 1. The molecule has 0 fully saturated rings. The van der Waals surface area contributed by atoms with E-state index in [0.29, 0.717) is 16.9 Å². The van der Waals surface area contributed by atoms with Crippen molar-refractivity contribution in [3.05, 3.63) is 71.3 Å². The molecule has 0 unspecified atom stereocenters. The lowest BCUT2D eigenvalue weighted by molar-refractivity contribution is -0.147. The largest absolute Gasteiger partial charge is 0.507 e. The molecular formula is C23H21NO7S. The molecule has 0 saturated heterocycles. The fourth-order valence-corrected chi connectivity index (χ4v) is 4.47. The van der Waals surface area contributed by atoms with E-state index in [1.54, 1.807) is 26.0 Å². The lowest BCUT2D eigenvalue weighted by atomic mass is 10.1. The average Bonchev–Trinajstić information content (AvgIpc) is 2.72. The molecule has 8 nitrogen and oxygen atoms in total. The van der Waals surface area contributed by atoms with Crippen LogP contribution in [0.4, 0.5) is 5.69 Å². The summed E-state index contributed by atoms with van der Waals surface area (Å²) in [5, 5.41) is 21.2. The summed E-state index contributed by atoms with van der Waals surface area (Å²) in [6, 6.07) is 13.3. The topological polar surface area (TPSA) is 130 Å². The highest BCUT2D eigenvalue weighted by Gasteiger charge is 2.23. The molecule has 0 aliphatic carbocycles. The molecular weight excluding hydrogens is 434 g/mol. The van der Waals surface area contributed by atoms with Crippen LogP contribution in [0.25, 0.3) is 0 Å². The van der Waals surface area contributed by atoms with Gasteiger partial charge in [0.2, 0.25) is 9.84 Å². The second-order valence-electron chi connectivity index (χ2n) is 7.25. The summed E-state index contributed by atoms with van der Waals surface area (Å²) < 4.78 is 31.9. The van der Waals surface area contributed by atoms with E-state index in [1.165, 1.54) is 42.5 Å². The van der Waals surface area contributed by atoms with E-state index < -0.39 is 27.5 Å². The number of rotatable bonds is 5. The molecule has 0 saturated carbocycles. The predicted molar refractivity (Wildman–Crippen MR) is 117 cm³/mol. The molecule has 0 bridgehead atoms. The van der Waals surface area contributed by atoms with Gasteiger partial charge < -0.3 is 20.3 Å². The molecule has 3 aromatic rings. The predicted octanol–water partition coefficient (Wildman–Crippen LogP) is 3.97. The van der Waals surface area contributed by atoms with Gasteiger partial charge in [-0.1, -0.05) is 17.7 Å². The number of aliphatic carboxylic acids is 1. The number of nitrogens with one attached hydrogen (secondary N) is 1. The van der Waals surface area contributed by atoms with Crippen molar-refractivity contribution >= 4 is 27.4 Å². The molecule has 3 aromatic carbocycles. The lowest BCUT2D eigenvalue weighted by Crippen LogP contribution is -2.21. The van der Waals surface area contributed by atoms with Gasteiger partial charge in [-0.15, -0.1) is 0 Å². The van der Waals surface area contributed by atoms with Gasteiger partial charge in [-0.25, -0.2) is 13.2 Å². The van der Waals surface area contributed by atoms with Crippen LogP contribution in [0.2, 0.25) is 0 Å². The number of sulfone groups is 1. The normalized spacial score (nSPS) is 11.1. The summed E-state index contributed by atoms with van der Waals surface area (Å²) in [6.45, 7) is 5.23. The van der Waals surface area contributed by atoms with Crippen LogP contribution in [0.15, 0.2) is 64.4 Å². The minimum absolute atomic E-state index is 0.0430. The van der Waals surface area contributed by atoms with Crippen LogP contribution >= 0.6 is 0 Å². The number of phenols is 1. The van der Waals surface area contributed by atoms with E-state index >= 15 is 0 Å². The molecule has 0 spiro atoms. The van der Waals surface area contributed by atoms with Crippen molar-refractivity contribution in [3.63, 3.8) is 0 Å². The summed E-state index contributed by atoms with van der Waals surface area (Å²) in [7, 11) is -3.98. The van der Waals surface area contributed by atoms with Crippen LogP contribution in [0.1, 0.15) is 16.7 Å². The van der Waals surface area contributed by atoms with E-state index in [4.69, 9.17) is 9.84 Å². The van der Waals surface area contributed by atoms with Crippen molar-refractivity contribution in [1.29, 1.82) is 0 Å². The summed E-state index contributed by atoms with van der Waals surface area (Å²) >= 11 is 0. The summed E-state index contributed by atoms with van der Waals surface area (Å²) in [5.41, 5.74) is 2.36. The Bertz CT molecular complexity index is 1290. The number of ether oxygens (including phenoxy) is 1. The minimum Gasteiger partial charge on any atom is -0.507 e. The first-order chi connectivity index (χ1) is 15.0. The van der Waals surface area contributed by atoms with Crippen molar-refractivity contribution in [1.82, 2.24) is 0 Å². The van der Waals surface area contributed by atoms with Crippen LogP contribution < -0.4 is 10.1 Å². The number of carboxylic acids is 1. The number of benzene rings is 3.